The quantitative estimate of drug-likeness (QED) is 0.171. The lowest BCUT2D eigenvalue weighted by Gasteiger charge is -2.42. The predicted octanol–water partition coefficient (Wildman–Crippen LogP) is 8.13. The predicted molar refractivity (Wildman–Crippen MR) is 150 cm³/mol. The first kappa shape index (κ1) is 33.0. The van der Waals surface area contributed by atoms with Gasteiger partial charge < -0.3 is 13.7 Å². The van der Waals surface area contributed by atoms with Gasteiger partial charge in [-0.25, -0.2) is 0 Å². The first-order chi connectivity index (χ1) is 18.5. The van der Waals surface area contributed by atoms with Gasteiger partial charge in [0.1, 0.15) is 5.76 Å². The molecule has 228 valence electrons. The molecule has 0 amide bonds. The second-order valence-corrected chi connectivity index (χ2v) is 14.4. The van der Waals surface area contributed by atoms with Gasteiger partial charge >= 0.3 is 15.6 Å². The molecule has 1 saturated heterocycles. The Labute approximate surface area is 239 Å². The summed E-state index contributed by atoms with van der Waals surface area (Å²) in [5, 5.41) is 0. The highest BCUT2D eigenvalue weighted by Crippen LogP contribution is 2.59. The minimum absolute atomic E-state index is 0.0222. The fourth-order valence-corrected chi connectivity index (χ4v) is 7.98. The number of hydrogen-bond acceptors (Lipinski definition) is 5. The summed E-state index contributed by atoms with van der Waals surface area (Å²) in [4.78, 5) is 0. The molecule has 0 aromatic heterocycles. The first-order valence-corrected chi connectivity index (χ1v) is 16.1. The molecule has 1 heterocycles. The van der Waals surface area contributed by atoms with Crippen LogP contribution in [0.15, 0.2) is 23.0 Å². The molecule has 0 N–H and O–H groups in total. The average molecular weight is 589 g/mol. The van der Waals surface area contributed by atoms with Gasteiger partial charge in [-0.3, -0.25) is 0 Å². The van der Waals surface area contributed by atoms with E-state index in [-0.39, 0.29) is 17.1 Å². The maximum atomic E-state index is 12.8. The molecule has 9 heteroatoms. The largest absolute Gasteiger partial charge is 0.534 e. The fraction of sp³-hybridized carbons (Fsp3) is 0.806. The van der Waals surface area contributed by atoms with Crippen molar-refractivity contribution in [1.29, 1.82) is 0 Å². The third-order valence-electron chi connectivity index (χ3n) is 9.84. The van der Waals surface area contributed by atoms with Crippen LogP contribution in [0.3, 0.4) is 0 Å². The summed E-state index contributed by atoms with van der Waals surface area (Å²) in [5.41, 5.74) is -2.98. The van der Waals surface area contributed by atoms with Gasteiger partial charge in [0.15, 0.2) is 5.79 Å². The minimum atomic E-state index is -5.63. The third-order valence-corrected chi connectivity index (χ3v) is 10.8. The Balaban J connectivity index is 0.000000336. The van der Waals surface area contributed by atoms with Gasteiger partial charge in [0, 0.05) is 17.9 Å². The van der Waals surface area contributed by atoms with Crippen LogP contribution in [0.1, 0.15) is 99.3 Å². The molecule has 0 bridgehead atoms. The number of hydrogen-bond donors (Lipinski definition) is 0. The van der Waals surface area contributed by atoms with Gasteiger partial charge in [-0.2, -0.15) is 21.6 Å². The highest BCUT2D eigenvalue weighted by atomic mass is 32.2. The Hall–Kier alpha value is -1.50. The van der Waals surface area contributed by atoms with E-state index in [1.54, 1.807) is 0 Å². The van der Waals surface area contributed by atoms with Gasteiger partial charge in [0.05, 0.1) is 13.2 Å². The Bertz CT molecular complexity index is 1100. The molecule has 0 aromatic carbocycles. The lowest BCUT2D eigenvalue weighted by molar-refractivity contribution is -0.148. The van der Waals surface area contributed by atoms with Crippen LogP contribution in [0.25, 0.3) is 0 Å². The molecule has 0 spiro atoms. The van der Waals surface area contributed by atoms with Crippen molar-refractivity contribution in [2.75, 3.05) is 13.2 Å². The lowest BCUT2D eigenvalue weighted by Crippen LogP contribution is -2.37. The normalized spacial score (nSPS) is 32.9. The highest BCUT2D eigenvalue weighted by Gasteiger charge is 2.55. The van der Waals surface area contributed by atoms with Gasteiger partial charge in [-0.1, -0.05) is 45.6 Å². The smallest absolute Gasteiger partial charge is 0.381 e. The Kier molecular flexibility index (Phi) is 10.6. The van der Waals surface area contributed by atoms with Crippen molar-refractivity contribution in [3.8, 4) is 12.3 Å². The molecular formula is C31H47F3O5S. The number of alkyl halides is 3. The maximum Gasteiger partial charge on any atom is 0.534 e. The van der Waals surface area contributed by atoms with Crippen molar-refractivity contribution in [3.05, 3.63) is 23.0 Å². The molecule has 0 radical (unpaired) electrons. The molecule has 5 nitrogen and oxygen atoms in total. The summed E-state index contributed by atoms with van der Waals surface area (Å²) >= 11 is 0. The monoisotopic (exact) mass is 588 g/mol. The molecule has 1 aliphatic heterocycles. The van der Waals surface area contributed by atoms with Crippen LogP contribution in [0.5, 0.6) is 0 Å². The molecular weight excluding hydrogens is 541 g/mol. The van der Waals surface area contributed by atoms with Crippen LogP contribution < -0.4 is 0 Å². The number of ether oxygens (including phenoxy) is 2. The highest BCUT2D eigenvalue weighted by molar-refractivity contribution is 7.87. The van der Waals surface area contributed by atoms with E-state index in [1.165, 1.54) is 23.6 Å². The van der Waals surface area contributed by atoms with E-state index in [1.807, 2.05) is 6.92 Å². The zero-order chi connectivity index (χ0) is 29.9. The van der Waals surface area contributed by atoms with E-state index in [0.717, 1.165) is 44.4 Å². The number of halogens is 3. The van der Waals surface area contributed by atoms with Crippen molar-refractivity contribution in [2.24, 2.45) is 35.0 Å². The first-order valence-electron chi connectivity index (χ1n) is 14.7. The Morgan fingerprint density at radius 2 is 1.85 bits per heavy atom. The molecule has 4 rings (SSSR count). The molecule has 2 fully saturated rings. The summed E-state index contributed by atoms with van der Waals surface area (Å²) in [6.45, 7) is 14.2. The van der Waals surface area contributed by atoms with E-state index >= 15 is 0 Å². The molecule has 3 aliphatic carbocycles. The SMILES string of the molecule is C#CC1=C(C)[C@@H](C)C[C@H](C)C1.C[C@H](CCCC1(C)OCCO1)[C@H]1CCC2C(OS(=O)(=O)C(F)(F)F)=CCC[C@@]21C. The summed E-state index contributed by atoms with van der Waals surface area (Å²) < 4.78 is 77.2. The lowest BCUT2D eigenvalue weighted by atomic mass is 9.63. The minimum Gasteiger partial charge on any atom is -0.381 e. The van der Waals surface area contributed by atoms with E-state index in [4.69, 9.17) is 15.9 Å². The summed E-state index contributed by atoms with van der Waals surface area (Å²) in [6, 6.07) is 0. The Morgan fingerprint density at radius 3 is 2.45 bits per heavy atom. The third kappa shape index (κ3) is 7.46. The summed E-state index contributed by atoms with van der Waals surface area (Å²) in [5.74, 6) is 4.13. The van der Waals surface area contributed by atoms with E-state index in [2.05, 4.69) is 44.7 Å². The van der Waals surface area contributed by atoms with Gasteiger partial charge in [0.25, 0.3) is 0 Å². The van der Waals surface area contributed by atoms with Gasteiger partial charge in [-0.05, 0) is 94.0 Å². The zero-order valence-electron chi connectivity index (χ0n) is 24.9. The number of terminal acetylenes is 1. The van der Waals surface area contributed by atoms with Crippen molar-refractivity contribution in [2.45, 2.75) is 111 Å². The van der Waals surface area contributed by atoms with Crippen LogP contribution in [-0.2, 0) is 23.8 Å². The van der Waals surface area contributed by atoms with Gasteiger partial charge in [-0.15, -0.1) is 6.42 Å². The molecule has 1 unspecified atom stereocenters. The summed E-state index contributed by atoms with van der Waals surface area (Å²) in [7, 11) is -5.63. The van der Waals surface area contributed by atoms with Crippen molar-refractivity contribution in [1.82, 2.24) is 0 Å². The van der Waals surface area contributed by atoms with Crippen LogP contribution in [-0.4, -0.2) is 32.9 Å². The van der Waals surface area contributed by atoms with Crippen molar-refractivity contribution >= 4 is 10.1 Å². The maximum absolute atomic E-state index is 12.8. The molecule has 4 aliphatic rings. The molecule has 0 aromatic rings. The standard InChI is InChI=1S/C20H31F3O5S.C11H16/c1-14(6-4-11-19(3)26-12-13-27-19)15-8-9-16-17(7-5-10-18(15,16)2)28-29(24,25)20(21,22)23;1-5-11-7-8(2)6-9(3)10(11)4/h7,14-16H,4-6,8-13H2,1-3H3;1,8-9H,6-7H2,2-4H3/t14-,15-,16?,18-;8-,9-/m10/s1. The Morgan fingerprint density at radius 1 is 1.20 bits per heavy atom. The number of allylic oxidation sites excluding steroid dienone is 4. The fourth-order valence-electron chi connectivity index (χ4n) is 7.45. The zero-order valence-corrected chi connectivity index (χ0v) is 25.7. The van der Waals surface area contributed by atoms with Crippen LogP contribution in [0.2, 0.25) is 0 Å². The number of fused-ring (bicyclic) bond motifs is 1. The van der Waals surface area contributed by atoms with E-state index < -0.39 is 21.4 Å². The number of rotatable bonds is 7. The van der Waals surface area contributed by atoms with Crippen molar-refractivity contribution < 1.29 is 35.2 Å². The average Bonchev–Trinajstić information content (AvgIpc) is 3.44. The van der Waals surface area contributed by atoms with E-state index in [0.29, 0.717) is 43.8 Å². The van der Waals surface area contributed by atoms with Crippen LogP contribution in [0, 0.1) is 47.3 Å². The second-order valence-electron chi connectivity index (χ2n) is 12.8. The van der Waals surface area contributed by atoms with Gasteiger partial charge in [0.2, 0.25) is 0 Å². The topological polar surface area (TPSA) is 61.8 Å². The summed E-state index contributed by atoms with van der Waals surface area (Å²) in [6.07, 6.45) is 14.9. The van der Waals surface area contributed by atoms with Crippen molar-refractivity contribution in [3.63, 3.8) is 0 Å². The second kappa shape index (κ2) is 12.8. The van der Waals surface area contributed by atoms with E-state index in [9.17, 15) is 21.6 Å². The molecule has 40 heavy (non-hydrogen) atoms. The van der Waals surface area contributed by atoms with Crippen LogP contribution in [0.4, 0.5) is 13.2 Å². The molecule has 6 atom stereocenters. The van der Waals surface area contributed by atoms with Crippen LogP contribution >= 0.6 is 0 Å². The molecule has 1 saturated carbocycles.